The lowest BCUT2D eigenvalue weighted by molar-refractivity contribution is -0.384. The highest BCUT2D eigenvalue weighted by molar-refractivity contribution is 9.10. The molecule has 0 radical (unpaired) electrons. The number of anilines is 5. The van der Waals surface area contributed by atoms with Crippen LogP contribution in [0.15, 0.2) is 35.1 Å². The lowest BCUT2D eigenvalue weighted by Crippen LogP contribution is -2.29. The summed E-state index contributed by atoms with van der Waals surface area (Å²) in [5.74, 6) is 0.250. The van der Waals surface area contributed by atoms with E-state index < -0.39 is 10.9 Å². The first-order valence-corrected chi connectivity index (χ1v) is 14.5. The molecule has 0 amide bonds. The minimum absolute atomic E-state index is 0.103. The Bertz CT molecular complexity index is 1530. The fourth-order valence-corrected chi connectivity index (χ4v) is 5.13. The van der Waals surface area contributed by atoms with Gasteiger partial charge < -0.3 is 29.5 Å². The van der Waals surface area contributed by atoms with E-state index in [1.807, 2.05) is 40.9 Å². The number of likely N-dealkylation sites (N-methyl/N-ethyl adjacent to an activating group) is 2. The van der Waals surface area contributed by atoms with Gasteiger partial charge in [0.1, 0.15) is 21.6 Å². The molecule has 0 atom stereocenters. The standard InChI is InChI=1S/C29H37BrN8O5/c1-17(2)43-27(39)18-15-31-28(34-26(18)37-16-29(3,4)25-20(37)9-10-24(30)33-25)32-19-13-22(38(40)41)21(14-23(19)42-8)36(7)12-11-35(5)6/h9-10,13-15,17H,11-12,16H2,1-8H3,(H,31,32,34). The van der Waals surface area contributed by atoms with Crippen molar-refractivity contribution in [1.29, 1.82) is 0 Å². The predicted molar refractivity (Wildman–Crippen MR) is 169 cm³/mol. The molecule has 43 heavy (non-hydrogen) atoms. The molecular formula is C29H37BrN8O5. The second-order valence-electron chi connectivity index (χ2n) is 11.5. The third-order valence-corrected chi connectivity index (χ3v) is 7.39. The number of halogens is 1. The number of nitro groups is 1. The summed E-state index contributed by atoms with van der Waals surface area (Å²) >= 11 is 3.46. The molecule has 230 valence electrons. The predicted octanol–water partition coefficient (Wildman–Crippen LogP) is 5.29. The summed E-state index contributed by atoms with van der Waals surface area (Å²) in [6, 6.07) is 6.78. The Morgan fingerprint density at radius 3 is 2.56 bits per heavy atom. The maximum absolute atomic E-state index is 13.2. The number of ether oxygens (including phenoxy) is 2. The van der Waals surface area contributed by atoms with Crippen molar-refractivity contribution in [1.82, 2.24) is 19.9 Å². The number of carbonyl (C=O) groups excluding carboxylic acids is 1. The molecule has 3 heterocycles. The molecule has 4 rings (SSSR count). The van der Waals surface area contributed by atoms with Gasteiger partial charge in [0, 0.05) is 50.4 Å². The minimum Gasteiger partial charge on any atom is -0.494 e. The summed E-state index contributed by atoms with van der Waals surface area (Å²) in [4.78, 5) is 44.4. The lowest BCUT2D eigenvalue weighted by atomic mass is 9.91. The normalized spacial score (nSPS) is 13.7. The number of esters is 1. The van der Waals surface area contributed by atoms with Crippen molar-refractivity contribution in [3.8, 4) is 5.75 Å². The van der Waals surface area contributed by atoms with Gasteiger partial charge in [-0.1, -0.05) is 13.8 Å². The maximum atomic E-state index is 13.2. The van der Waals surface area contributed by atoms with Gasteiger partial charge in [0.25, 0.3) is 5.69 Å². The highest BCUT2D eigenvalue weighted by Gasteiger charge is 2.40. The van der Waals surface area contributed by atoms with Crippen molar-refractivity contribution >= 4 is 56.4 Å². The number of hydrogen-bond donors (Lipinski definition) is 1. The van der Waals surface area contributed by atoms with Gasteiger partial charge in [0.05, 0.1) is 35.2 Å². The Kier molecular flexibility index (Phi) is 9.40. The van der Waals surface area contributed by atoms with Crippen LogP contribution in [0, 0.1) is 10.1 Å². The summed E-state index contributed by atoms with van der Waals surface area (Å²) in [6.07, 6.45) is 1.05. The van der Waals surface area contributed by atoms with Crippen molar-refractivity contribution < 1.29 is 19.2 Å². The van der Waals surface area contributed by atoms with Crippen molar-refractivity contribution in [3.05, 3.63) is 56.4 Å². The molecule has 0 saturated carbocycles. The molecule has 1 aliphatic heterocycles. The van der Waals surface area contributed by atoms with Crippen LogP contribution in [0.1, 0.15) is 43.7 Å². The van der Waals surface area contributed by atoms with Crippen molar-refractivity contribution in [2.45, 2.75) is 39.2 Å². The zero-order valence-electron chi connectivity index (χ0n) is 25.6. The van der Waals surface area contributed by atoms with Gasteiger partial charge in [-0.3, -0.25) is 10.1 Å². The van der Waals surface area contributed by atoms with E-state index >= 15 is 0 Å². The number of methoxy groups -OCH3 is 1. The topological polar surface area (TPSA) is 139 Å². The zero-order chi connectivity index (χ0) is 31.6. The second kappa shape index (κ2) is 12.7. The first-order chi connectivity index (χ1) is 20.2. The van der Waals surface area contributed by atoms with E-state index in [2.05, 4.69) is 40.1 Å². The number of hydrogen-bond acceptors (Lipinski definition) is 12. The summed E-state index contributed by atoms with van der Waals surface area (Å²) in [5.41, 5.74) is 2.09. The second-order valence-corrected chi connectivity index (χ2v) is 12.3. The zero-order valence-corrected chi connectivity index (χ0v) is 27.2. The molecule has 1 aromatic carbocycles. The van der Waals surface area contributed by atoms with Crippen molar-refractivity contribution in [3.63, 3.8) is 0 Å². The quantitative estimate of drug-likeness (QED) is 0.124. The number of benzene rings is 1. The summed E-state index contributed by atoms with van der Waals surface area (Å²) < 4.78 is 11.8. The molecule has 13 nitrogen and oxygen atoms in total. The average Bonchev–Trinajstić information content (AvgIpc) is 3.20. The molecular weight excluding hydrogens is 620 g/mol. The fraction of sp³-hybridized carbons (Fsp3) is 0.448. The van der Waals surface area contributed by atoms with Gasteiger partial charge in [-0.15, -0.1) is 0 Å². The van der Waals surface area contributed by atoms with E-state index in [1.165, 1.54) is 19.4 Å². The van der Waals surface area contributed by atoms with Gasteiger partial charge in [0.2, 0.25) is 5.95 Å². The Labute approximate surface area is 259 Å². The first-order valence-electron chi connectivity index (χ1n) is 13.7. The first kappa shape index (κ1) is 31.9. The molecule has 14 heteroatoms. The molecule has 3 aromatic rings. The van der Waals surface area contributed by atoms with Crippen LogP contribution in [-0.2, 0) is 10.2 Å². The molecule has 0 fully saturated rings. The van der Waals surface area contributed by atoms with Gasteiger partial charge in [-0.2, -0.15) is 4.98 Å². The van der Waals surface area contributed by atoms with Crippen LogP contribution in [0.3, 0.4) is 0 Å². The third-order valence-electron chi connectivity index (χ3n) is 6.95. The largest absolute Gasteiger partial charge is 0.494 e. The summed E-state index contributed by atoms with van der Waals surface area (Å²) in [6.45, 7) is 9.45. The van der Waals surface area contributed by atoms with Crippen LogP contribution in [0.4, 0.5) is 34.5 Å². The monoisotopic (exact) mass is 656 g/mol. The van der Waals surface area contributed by atoms with E-state index in [-0.39, 0.29) is 28.7 Å². The molecule has 0 bridgehead atoms. The minimum atomic E-state index is -0.564. The SMILES string of the molecule is COc1cc(N(C)CCN(C)C)c([N+](=O)[O-])cc1Nc1ncc(C(=O)OC(C)C)c(N2CC(C)(C)c3nc(Br)ccc32)n1. The van der Waals surface area contributed by atoms with Crippen LogP contribution in [-0.4, -0.2) is 84.7 Å². The van der Waals surface area contributed by atoms with E-state index in [9.17, 15) is 14.9 Å². The van der Waals surface area contributed by atoms with Crippen LogP contribution in [0.5, 0.6) is 5.75 Å². The molecule has 0 unspecified atom stereocenters. The van der Waals surface area contributed by atoms with Gasteiger partial charge in [-0.25, -0.2) is 14.8 Å². The molecule has 2 aromatic heterocycles. The van der Waals surface area contributed by atoms with Crippen LogP contribution < -0.4 is 19.9 Å². The Balaban J connectivity index is 1.79. The molecule has 0 spiro atoms. The molecule has 0 aliphatic carbocycles. The van der Waals surface area contributed by atoms with E-state index in [1.54, 1.807) is 27.0 Å². The third kappa shape index (κ3) is 6.96. The Morgan fingerprint density at radius 2 is 1.93 bits per heavy atom. The smallest absolute Gasteiger partial charge is 0.343 e. The summed E-state index contributed by atoms with van der Waals surface area (Å²) in [7, 11) is 7.16. The van der Waals surface area contributed by atoms with Crippen molar-refractivity contribution in [2.24, 2.45) is 0 Å². The number of nitro benzene ring substituents is 1. The van der Waals surface area contributed by atoms with Crippen LogP contribution in [0.25, 0.3) is 0 Å². The number of fused-ring (bicyclic) bond motifs is 1. The molecule has 0 saturated heterocycles. The highest BCUT2D eigenvalue weighted by atomic mass is 79.9. The van der Waals surface area contributed by atoms with E-state index in [0.29, 0.717) is 47.2 Å². The number of rotatable bonds is 11. The molecule has 1 aliphatic rings. The van der Waals surface area contributed by atoms with Gasteiger partial charge in [0.15, 0.2) is 5.82 Å². The molecule has 1 N–H and O–H groups in total. The van der Waals surface area contributed by atoms with E-state index in [0.717, 1.165) is 11.4 Å². The maximum Gasteiger partial charge on any atom is 0.343 e. The lowest BCUT2D eigenvalue weighted by Gasteiger charge is -2.24. The average molecular weight is 658 g/mol. The number of aromatic nitrogens is 3. The number of nitrogens with zero attached hydrogens (tertiary/aromatic N) is 7. The number of pyridine rings is 1. The summed E-state index contributed by atoms with van der Waals surface area (Å²) in [5, 5.41) is 15.2. The van der Waals surface area contributed by atoms with Crippen LogP contribution in [0.2, 0.25) is 0 Å². The van der Waals surface area contributed by atoms with Crippen LogP contribution >= 0.6 is 15.9 Å². The number of nitrogens with one attached hydrogen (secondary N) is 1. The number of carbonyl (C=O) groups is 1. The van der Waals surface area contributed by atoms with E-state index in [4.69, 9.17) is 19.4 Å². The Morgan fingerprint density at radius 1 is 1.21 bits per heavy atom. The van der Waals surface area contributed by atoms with Gasteiger partial charge >= 0.3 is 5.97 Å². The highest BCUT2D eigenvalue weighted by Crippen LogP contribution is 2.45. The Hall–Kier alpha value is -4.04. The van der Waals surface area contributed by atoms with Gasteiger partial charge in [-0.05, 0) is 56.0 Å². The van der Waals surface area contributed by atoms with Crippen molar-refractivity contribution in [2.75, 3.05) is 63.0 Å². The fourth-order valence-electron chi connectivity index (χ4n) is 4.82.